The van der Waals surface area contributed by atoms with Gasteiger partial charge in [0.1, 0.15) is 6.61 Å². The van der Waals surface area contributed by atoms with E-state index in [0.717, 1.165) is 44.8 Å². The highest BCUT2D eigenvalue weighted by Crippen LogP contribution is 2.16. The predicted molar refractivity (Wildman–Crippen MR) is 108 cm³/mol. The van der Waals surface area contributed by atoms with Crippen molar-refractivity contribution >= 4 is 11.7 Å². The number of aryl methyl sites for hydroxylation is 1. The van der Waals surface area contributed by atoms with Crippen LogP contribution in [-0.4, -0.2) is 67.5 Å². The van der Waals surface area contributed by atoms with Crippen LogP contribution in [0.4, 0.5) is 5.82 Å². The molecule has 7 nitrogen and oxygen atoms in total. The fraction of sp³-hybridized carbons (Fsp3) is 0.476. The predicted octanol–water partition coefficient (Wildman–Crippen LogP) is 2.17. The summed E-state index contributed by atoms with van der Waals surface area (Å²) < 4.78 is 10.4. The summed E-state index contributed by atoms with van der Waals surface area (Å²) in [4.78, 5) is 16.6. The molecule has 1 aliphatic heterocycles. The Balaban J connectivity index is 1.39. The molecule has 2 aromatic rings. The zero-order chi connectivity index (χ0) is 19.6. The van der Waals surface area contributed by atoms with E-state index in [0.29, 0.717) is 25.5 Å². The average Bonchev–Trinajstić information content (AvgIpc) is 2.75. The third-order valence-electron chi connectivity index (χ3n) is 4.82. The molecule has 0 radical (unpaired) electrons. The van der Waals surface area contributed by atoms with Gasteiger partial charge < -0.3 is 19.3 Å². The number of benzene rings is 1. The minimum absolute atomic E-state index is 0.239. The van der Waals surface area contributed by atoms with Crippen molar-refractivity contribution < 1.29 is 14.3 Å². The van der Waals surface area contributed by atoms with Crippen molar-refractivity contribution in [1.29, 1.82) is 0 Å². The maximum Gasteiger partial charge on any atom is 0.233 e. The molecule has 0 N–H and O–H groups in total. The summed E-state index contributed by atoms with van der Waals surface area (Å²) in [7, 11) is 1.63. The van der Waals surface area contributed by atoms with Gasteiger partial charge in [0.2, 0.25) is 11.8 Å². The first-order valence-corrected chi connectivity index (χ1v) is 9.78. The van der Waals surface area contributed by atoms with E-state index in [-0.39, 0.29) is 5.91 Å². The second-order valence-corrected chi connectivity index (χ2v) is 6.78. The smallest absolute Gasteiger partial charge is 0.233 e. The molecule has 1 amide bonds. The summed E-state index contributed by atoms with van der Waals surface area (Å²) in [6.45, 7) is 3.95. The lowest BCUT2D eigenvalue weighted by Gasteiger charge is -2.35. The number of carbonyl (C=O) groups is 1. The highest BCUT2D eigenvalue weighted by molar-refractivity contribution is 5.76. The maximum atomic E-state index is 12.5. The van der Waals surface area contributed by atoms with E-state index in [1.54, 1.807) is 7.11 Å². The summed E-state index contributed by atoms with van der Waals surface area (Å²) in [5, 5.41) is 8.34. The van der Waals surface area contributed by atoms with Gasteiger partial charge in [0.15, 0.2) is 5.82 Å². The lowest BCUT2D eigenvalue weighted by Crippen LogP contribution is -2.49. The molecule has 1 aromatic carbocycles. The first-order chi connectivity index (χ1) is 13.8. The molecule has 2 heterocycles. The molecule has 7 heteroatoms. The normalized spacial score (nSPS) is 14.2. The zero-order valence-corrected chi connectivity index (χ0v) is 16.4. The second kappa shape index (κ2) is 10.6. The molecule has 150 valence electrons. The Morgan fingerprint density at radius 1 is 1.00 bits per heavy atom. The van der Waals surface area contributed by atoms with Gasteiger partial charge in [-0.25, -0.2) is 0 Å². The number of rotatable bonds is 9. The van der Waals surface area contributed by atoms with Crippen molar-refractivity contribution in [2.75, 3.05) is 51.4 Å². The molecule has 1 aliphatic rings. The van der Waals surface area contributed by atoms with Crippen LogP contribution in [0.15, 0.2) is 42.5 Å². The van der Waals surface area contributed by atoms with Crippen LogP contribution in [0.5, 0.6) is 5.88 Å². The van der Waals surface area contributed by atoms with E-state index in [4.69, 9.17) is 9.47 Å². The topological polar surface area (TPSA) is 67.8 Å². The van der Waals surface area contributed by atoms with Crippen molar-refractivity contribution in [3.8, 4) is 5.88 Å². The van der Waals surface area contributed by atoms with Gasteiger partial charge >= 0.3 is 0 Å². The third kappa shape index (κ3) is 5.92. The van der Waals surface area contributed by atoms with E-state index in [1.165, 1.54) is 5.56 Å². The zero-order valence-electron chi connectivity index (χ0n) is 16.4. The number of nitrogens with zero attached hydrogens (tertiary/aromatic N) is 4. The molecular formula is C21H28N4O3. The molecule has 1 aromatic heterocycles. The Morgan fingerprint density at radius 2 is 1.79 bits per heavy atom. The largest absolute Gasteiger partial charge is 0.474 e. The highest BCUT2D eigenvalue weighted by Gasteiger charge is 2.21. The van der Waals surface area contributed by atoms with Crippen molar-refractivity contribution in [3.05, 3.63) is 48.0 Å². The number of ether oxygens (including phenoxy) is 2. The Kier molecular flexibility index (Phi) is 7.61. The second-order valence-electron chi connectivity index (χ2n) is 6.78. The molecule has 0 aliphatic carbocycles. The third-order valence-corrected chi connectivity index (χ3v) is 4.82. The standard InChI is InChI=1S/C21H28N4O3/c1-27-16-17-28-20-11-10-19(22-23-20)24-12-14-25(15-13-24)21(26)9-5-8-18-6-3-2-4-7-18/h2-4,6-7,10-11H,5,8-9,12-17H2,1H3. The van der Waals surface area contributed by atoms with E-state index in [1.807, 2.05) is 35.2 Å². The molecule has 0 unspecified atom stereocenters. The van der Waals surface area contributed by atoms with Crippen LogP contribution < -0.4 is 9.64 Å². The molecule has 3 rings (SSSR count). The molecule has 28 heavy (non-hydrogen) atoms. The van der Waals surface area contributed by atoms with Gasteiger partial charge in [0, 0.05) is 45.8 Å². The van der Waals surface area contributed by atoms with Crippen LogP contribution in [0.3, 0.4) is 0 Å². The number of methoxy groups -OCH3 is 1. The number of carbonyl (C=O) groups excluding carboxylic acids is 1. The number of aromatic nitrogens is 2. The average molecular weight is 384 g/mol. The van der Waals surface area contributed by atoms with Gasteiger partial charge in [-0.3, -0.25) is 4.79 Å². The van der Waals surface area contributed by atoms with Crippen molar-refractivity contribution in [2.45, 2.75) is 19.3 Å². The Bertz CT molecular complexity index is 716. The number of anilines is 1. The molecular weight excluding hydrogens is 356 g/mol. The quantitative estimate of drug-likeness (QED) is 0.618. The first kappa shape index (κ1) is 20.1. The molecule has 0 atom stereocenters. The minimum Gasteiger partial charge on any atom is -0.474 e. The van der Waals surface area contributed by atoms with E-state index < -0.39 is 0 Å². The number of hydrogen-bond acceptors (Lipinski definition) is 6. The Morgan fingerprint density at radius 3 is 2.46 bits per heavy atom. The fourth-order valence-electron chi connectivity index (χ4n) is 3.22. The van der Waals surface area contributed by atoms with Crippen LogP contribution in [0.2, 0.25) is 0 Å². The summed E-state index contributed by atoms with van der Waals surface area (Å²) in [5.41, 5.74) is 1.29. The van der Waals surface area contributed by atoms with Crippen molar-refractivity contribution in [1.82, 2.24) is 15.1 Å². The van der Waals surface area contributed by atoms with Gasteiger partial charge in [0.25, 0.3) is 0 Å². The van der Waals surface area contributed by atoms with Crippen molar-refractivity contribution in [2.24, 2.45) is 0 Å². The van der Waals surface area contributed by atoms with E-state index >= 15 is 0 Å². The molecule has 0 saturated carbocycles. The van der Waals surface area contributed by atoms with Crippen LogP contribution in [-0.2, 0) is 16.0 Å². The monoisotopic (exact) mass is 384 g/mol. The molecule has 1 saturated heterocycles. The molecule has 0 spiro atoms. The van der Waals surface area contributed by atoms with E-state index in [9.17, 15) is 4.79 Å². The molecule has 1 fully saturated rings. The van der Waals surface area contributed by atoms with Crippen LogP contribution in [0, 0.1) is 0 Å². The summed E-state index contributed by atoms with van der Waals surface area (Å²) >= 11 is 0. The lowest BCUT2D eigenvalue weighted by molar-refractivity contribution is -0.131. The Hall–Kier alpha value is -2.67. The van der Waals surface area contributed by atoms with E-state index in [2.05, 4.69) is 27.2 Å². The molecule has 0 bridgehead atoms. The van der Waals surface area contributed by atoms with Gasteiger partial charge in [-0.05, 0) is 24.5 Å². The Labute approximate surface area is 166 Å². The van der Waals surface area contributed by atoms with Gasteiger partial charge in [-0.15, -0.1) is 10.2 Å². The van der Waals surface area contributed by atoms with Gasteiger partial charge in [-0.1, -0.05) is 30.3 Å². The fourth-order valence-corrected chi connectivity index (χ4v) is 3.22. The minimum atomic E-state index is 0.239. The summed E-state index contributed by atoms with van der Waals surface area (Å²) in [6.07, 6.45) is 2.43. The summed E-state index contributed by atoms with van der Waals surface area (Å²) in [5.74, 6) is 1.55. The first-order valence-electron chi connectivity index (χ1n) is 9.78. The summed E-state index contributed by atoms with van der Waals surface area (Å²) in [6, 6.07) is 14.0. The maximum absolute atomic E-state index is 12.5. The van der Waals surface area contributed by atoms with Crippen molar-refractivity contribution in [3.63, 3.8) is 0 Å². The van der Waals surface area contributed by atoms with Crippen LogP contribution >= 0.6 is 0 Å². The van der Waals surface area contributed by atoms with Gasteiger partial charge in [0.05, 0.1) is 6.61 Å². The van der Waals surface area contributed by atoms with Gasteiger partial charge in [-0.2, -0.15) is 0 Å². The van der Waals surface area contributed by atoms with Crippen LogP contribution in [0.1, 0.15) is 18.4 Å². The van der Waals surface area contributed by atoms with Crippen LogP contribution in [0.25, 0.3) is 0 Å². The lowest BCUT2D eigenvalue weighted by atomic mass is 10.1. The highest BCUT2D eigenvalue weighted by atomic mass is 16.5. The SMILES string of the molecule is COCCOc1ccc(N2CCN(C(=O)CCCc3ccccc3)CC2)nn1. The number of piperazine rings is 1. The number of amides is 1. The number of hydrogen-bond donors (Lipinski definition) is 0.